The van der Waals surface area contributed by atoms with E-state index in [0.717, 1.165) is 11.3 Å². The summed E-state index contributed by atoms with van der Waals surface area (Å²) in [7, 11) is 1.60. The maximum atomic E-state index is 11.8. The molecule has 0 radical (unpaired) electrons. The van der Waals surface area contributed by atoms with Crippen LogP contribution in [0.15, 0.2) is 24.3 Å². The van der Waals surface area contributed by atoms with E-state index in [2.05, 4.69) is 0 Å². The Balaban J connectivity index is 0.00000180. The Hall–Kier alpha value is -0.400. The summed E-state index contributed by atoms with van der Waals surface area (Å²) >= 11 is -2.07. The number of hydrogen-bond donors (Lipinski definition) is 1. The zero-order valence-electron chi connectivity index (χ0n) is 10.0. The van der Waals surface area contributed by atoms with Crippen molar-refractivity contribution in [1.29, 1.82) is 0 Å². The van der Waals surface area contributed by atoms with Crippen LogP contribution >= 0.6 is 0 Å². The van der Waals surface area contributed by atoms with Crippen LogP contribution in [0.2, 0.25) is 0 Å². The number of hydrogen-bond acceptors (Lipinski definition) is 3. The van der Waals surface area contributed by atoms with Gasteiger partial charge in [0.1, 0.15) is 11.0 Å². The van der Waals surface area contributed by atoms with Crippen molar-refractivity contribution in [3.05, 3.63) is 29.8 Å². The molecule has 2 atom stereocenters. The Labute approximate surface area is 136 Å². The third-order valence-corrected chi connectivity index (χ3v) is 3.95. The Morgan fingerprint density at radius 2 is 2.05 bits per heavy atom. The molecule has 100 valence electrons. The summed E-state index contributed by atoms with van der Waals surface area (Å²) in [5.74, 6) is 0.521. The summed E-state index contributed by atoms with van der Waals surface area (Å²) in [5.41, 5.74) is 0.980. The predicted octanol–water partition coefficient (Wildman–Crippen LogP) is 0.369. The Kier molecular flexibility index (Phi) is 6.49. The van der Waals surface area contributed by atoms with Gasteiger partial charge in [0.05, 0.1) is 7.11 Å². The molecule has 1 fully saturated rings. The SMILES string of the molecule is COc1ccc(CN2CCC(S(=O)O)C2=O)cc1.[NaH]. The van der Waals surface area contributed by atoms with E-state index in [1.165, 1.54) is 0 Å². The van der Waals surface area contributed by atoms with Crippen molar-refractivity contribution < 1.29 is 18.3 Å². The van der Waals surface area contributed by atoms with E-state index in [1.807, 2.05) is 24.3 Å². The Morgan fingerprint density at radius 1 is 1.42 bits per heavy atom. The predicted molar refractivity (Wildman–Crippen MR) is 74.7 cm³/mol. The van der Waals surface area contributed by atoms with E-state index in [9.17, 15) is 9.00 Å². The van der Waals surface area contributed by atoms with Gasteiger partial charge in [-0.05, 0) is 24.1 Å². The van der Waals surface area contributed by atoms with Crippen molar-refractivity contribution in [3.8, 4) is 5.75 Å². The van der Waals surface area contributed by atoms with Crippen molar-refractivity contribution in [2.75, 3.05) is 13.7 Å². The number of carbonyl (C=O) groups excluding carboxylic acids is 1. The van der Waals surface area contributed by atoms with Crippen LogP contribution in [-0.2, 0) is 22.4 Å². The number of benzene rings is 1. The average molecular weight is 293 g/mol. The molecule has 0 aliphatic carbocycles. The fourth-order valence-electron chi connectivity index (χ4n) is 2.01. The molecule has 2 unspecified atom stereocenters. The first kappa shape index (κ1) is 16.7. The topological polar surface area (TPSA) is 66.8 Å². The number of nitrogens with zero attached hydrogens (tertiary/aromatic N) is 1. The molecule has 5 nitrogen and oxygen atoms in total. The molecule has 19 heavy (non-hydrogen) atoms. The summed E-state index contributed by atoms with van der Waals surface area (Å²) in [4.78, 5) is 13.4. The average Bonchev–Trinajstić information content (AvgIpc) is 2.72. The van der Waals surface area contributed by atoms with Gasteiger partial charge in [0, 0.05) is 13.1 Å². The quantitative estimate of drug-likeness (QED) is 0.643. The minimum atomic E-state index is -2.07. The standard InChI is InChI=1S/C12H15NO4S.Na.H/c1-17-10-4-2-9(3-5-10)8-13-7-6-11(12(13)14)18(15)16;;/h2-5,11H,6-8H2,1H3,(H,15,16);;. The molecular formula is C12H16NNaO4S. The van der Waals surface area contributed by atoms with E-state index in [1.54, 1.807) is 12.0 Å². The molecule has 1 aromatic rings. The van der Waals surface area contributed by atoms with Crippen molar-refractivity contribution in [3.63, 3.8) is 0 Å². The number of amides is 1. The van der Waals surface area contributed by atoms with E-state index >= 15 is 0 Å². The molecular weight excluding hydrogens is 277 g/mol. The first-order chi connectivity index (χ1) is 8.61. The van der Waals surface area contributed by atoms with Crippen molar-refractivity contribution in [2.24, 2.45) is 0 Å². The number of ether oxygens (including phenoxy) is 1. The zero-order chi connectivity index (χ0) is 13.1. The summed E-state index contributed by atoms with van der Waals surface area (Å²) in [6.45, 7) is 0.998. The fourth-order valence-corrected chi connectivity index (χ4v) is 2.63. The molecule has 1 heterocycles. The van der Waals surface area contributed by atoms with Gasteiger partial charge in [0.2, 0.25) is 5.91 Å². The van der Waals surface area contributed by atoms with E-state index in [4.69, 9.17) is 9.29 Å². The third-order valence-electron chi connectivity index (χ3n) is 3.02. The molecule has 1 aliphatic heterocycles. The van der Waals surface area contributed by atoms with Crippen molar-refractivity contribution in [2.45, 2.75) is 18.2 Å². The first-order valence-electron chi connectivity index (χ1n) is 5.63. The van der Waals surface area contributed by atoms with Crippen LogP contribution in [0.1, 0.15) is 12.0 Å². The van der Waals surface area contributed by atoms with Gasteiger partial charge in [-0.2, -0.15) is 0 Å². The second kappa shape index (κ2) is 7.40. The monoisotopic (exact) mass is 293 g/mol. The van der Waals surface area contributed by atoms with Crippen LogP contribution in [0.4, 0.5) is 0 Å². The van der Waals surface area contributed by atoms with E-state index in [0.29, 0.717) is 19.5 Å². The number of likely N-dealkylation sites (tertiary alicyclic amines) is 1. The second-order valence-corrected chi connectivity index (χ2v) is 5.28. The van der Waals surface area contributed by atoms with Gasteiger partial charge in [-0.25, -0.2) is 4.21 Å². The van der Waals surface area contributed by atoms with Crippen LogP contribution in [0.25, 0.3) is 0 Å². The number of rotatable bonds is 4. The maximum absolute atomic E-state index is 11.8. The second-order valence-electron chi connectivity index (χ2n) is 4.16. The van der Waals surface area contributed by atoms with Gasteiger partial charge < -0.3 is 14.2 Å². The van der Waals surface area contributed by atoms with E-state index in [-0.39, 0.29) is 35.5 Å². The molecule has 1 saturated heterocycles. The Bertz CT molecular complexity index is 465. The molecule has 0 spiro atoms. The van der Waals surface area contributed by atoms with Gasteiger partial charge in [0.15, 0.2) is 11.1 Å². The van der Waals surface area contributed by atoms with Gasteiger partial charge in [-0.1, -0.05) is 12.1 Å². The van der Waals surface area contributed by atoms with Crippen molar-refractivity contribution >= 4 is 46.5 Å². The third kappa shape index (κ3) is 4.03. The van der Waals surface area contributed by atoms with E-state index < -0.39 is 16.3 Å². The molecule has 2 rings (SSSR count). The minimum absolute atomic E-state index is 0. The normalized spacial score (nSPS) is 20.0. The summed E-state index contributed by atoms with van der Waals surface area (Å²) in [6, 6.07) is 7.43. The number of carbonyl (C=O) groups is 1. The molecule has 1 aromatic carbocycles. The fraction of sp³-hybridized carbons (Fsp3) is 0.417. The summed E-state index contributed by atoms with van der Waals surface area (Å²) < 4.78 is 25.0. The van der Waals surface area contributed by atoms with Crippen LogP contribution in [0.3, 0.4) is 0 Å². The number of methoxy groups -OCH3 is 1. The molecule has 1 aliphatic rings. The van der Waals surface area contributed by atoms with Gasteiger partial charge in [-0.15, -0.1) is 0 Å². The Morgan fingerprint density at radius 3 is 2.53 bits per heavy atom. The van der Waals surface area contributed by atoms with Crippen molar-refractivity contribution in [1.82, 2.24) is 4.90 Å². The van der Waals surface area contributed by atoms with Crippen LogP contribution < -0.4 is 4.74 Å². The summed E-state index contributed by atoms with van der Waals surface area (Å²) in [6.07, 6.45) is 0.443. The molecule has 1 amide bonds. The van der Waals surface area contributed by atoms with Crippen LogP contribution in [0, 0.1) is 0 Å². The van der Waals surface area contributed by atoms with Crippen LogP contribution in [-0.4, -0.2) is 68.0 Å². The van der Waals surface area contributed by atoms with Gasteiger partial charge in [-0.3, -0.25) is 4.79 Å². The zero-order valence-corrected chi connectivity index (χ0v) is 10.9. The van der Waals surface area contributed by atoms with Crippen LogP contribution in [0.5, 0.6) is 5.75 Å². The van der Waals surface area contributed by atoms with Gasteiger partial charge in [0.25, 0.3) is 0 Å². The molecule has 1 N–H and O–H groups in total. The van der Waals surface area contributed by atoms with Gasteiger partial charge >= 0.3 is 29.6 Å². The first-order valence-corrected chi connectivity index (χ1v) is 6.80. The summed E-state index contributed by atoms with van der Waals surface area (Å²) in [5, 5.41) is -0.761. The molecule has 0 bridgehead atoms. The molecule has 0 saturated carbocycles. The molecule has 7 heteroatoms. The molecule has 0 aromatic heterocycles.